The summed E-state index contributed by atoms with van der Waals surface area (Å²) in [4.78, 5) is 14.4. The molecular formula is C20H22BrNOS. The zero-order chi connectivity index (χ0) is 17.5. The van der Waals surface area contributed by atoms with Crippen LogP contribution in [0.15, 0.2) is 46.9 Å². The lowest BCUT2D eigenvalue weighted by Gasteiger charge is -2.26. The van der Waals surface area contributed by atoms with Crippen molar-refractivity contribution in [3.63, 3.8) is 0 Å². The van der Waals surface area contributed by atoms with Gasteiger partial charge < -0.3 is 0 Å². The molecule has 1 fully saturated rings. The molecule has 0 unspecified atom stereocenters. The molecule has 126 valence electrons. The van der Waals surface area contributed by atoms with Crippen LogP contribution in [0.5, 0.6) is 0 Å². The van der Waals surface area contributed by atoms with E-state index in [9.17, 15) is 4.79 Å². The minimum absolute atomic E-state index is 0.0482. The number of hydrogen-bond acceptors (Lipinski definition) is 2. The van der Waals surface area contributed by atoms with Gasteiger partial charge in [0.2, 0.25) is 5.91 Å². The normalized spacial score (nSPS) is 18.3. The van der Waals surface area contributed by atoms with Crippen molar-refractivity contribution in [2.75, 3.05) is 10.7 Å². The van der Waals surface area contributed by atoms with Crippen LogP contribution >= 0.6 is 27.7 Å². The van der Waals surface area contributed by atoms with Crippen molar-refractivity contribution in [2.24, 2.45) is 0 Å². The molecule has 0 radical (unpaired) electrons. The van der Waals surface area contributed by atoms with Crippen molar-refractivity contribution >= 4 is 39.3 Å². The summed E-state index contributed by atoms with van der Waals surface area (Å²) in [5, 5.41) is 0.0482. The maximum absolute atomic E-state index is 12.5. The first kappa shape index (κ1) is 17.6. The van der Waals surface area contributed by atoms with E-state index in [0.29, 0.717) is 5.75 Å². The molecular weight excluding hydrogens is 382 g/mol. The number of thioether (sulfide) groups is 1. The van der Waals surface area contributed by atoms with Gasteiger partial charge in [0.15, 0.2) is 0 Å². The quantitative estimate of drug-likeness (QED) is 0.627. The first-order valence-corrected chi connectivity index (χ1v) is 9.92. The van der Waals surface area contributed by atoms with Gasteiger partial charge in [-0.25, -0.2) is 0 Å². The number of carbonyl (C=O) groups excluding carboxylic acids is 1. The Kier molecular flexibility index (Phi) is 4.80. The standard InChI is InChI=1S/C20H22BrNOS/c1-13-11-16(9-10-17(13)21)22-18(23)12-24-19(22)14-5-7-15(8-6-14)20(2,3)4/h5-11,19H,12H2,1-4H3/t19-/m0/s1. The third-order valence-electron chi connectivity index (χ3n) is 4.35. The number of carbonyl (C=O) groups is 1. The van der Waals surface area contributed by atoms with Crippen LogP contribution in [0.3, 0.4) is 0 Å². The summed E-state index contributed by atoms with van der Waals surface area (Å²) in [5.74, 6) is 0.701. The van der Waals surface area contributed by atoms with Crippen LogP contribution in [0.2, 0.25) is 0 Å². The third-order valence-corrected chi connectivity index (χ3v) is 6.45. The number of aryl methyl sites for hydroxylation is 1. The van der Waals surface area contributed by atoms with Gasteiger partial charge in [0, 0.05) is 10.2 Å². The van der Waals surface area contributed by atoms with Crippen LogP contribution in [0.4, 0.5) is 5.69 Å². The summed E-state index contributed by atoms with van der Waals surface area (Å²) < 4.78 is 1.07. The van der Waals surface area contributed by atoms with Crippen molar-refractivity contribution in [3.8, 4) is 0 Å². The van der Waals surface area contributed by atoms with Crippen LogP contribution in [-0.2, 0) is 10.2 Å². The number of halogens is 1. The molecule has 1 aliphatic rings. The summed E-state index contributed by atoms with van der Waals surface area (Å²) in [6, 6.07) is 14.8. The van der Waals surface area contributed by atoms with E-state index in [4.69, 9.17) is 0 Å². The monoisotopic (exact) mass is 403 g/mol. The van der Waals surface area contributed by atoms with Gasteiger partial charge in [0.1, 0.15) is 5.37 Å². The average Bonchev–Trinajstić information content (AvgIpc) is 2.91. The Hall–Kier alpha value is -1.26. The van der Waals surface area contributed by atoms with Crippen molar-refractivity contribution in [1.29, 1.82) is 0 Å². The lowest BCUT2D eigenvalue weighted by Crippen LogP contribution is -2.27. The highest BCUT2D eigenvalue weighted by atomic mass is 79.9. The van der Waals surface area contributed by atoms with Crippen molar-refractivity contribution < 1.29 is 4.79 Å². The molecule has 2 nitrogen and oxygen atoms in total. The molecule has 0 aliphatic carbocycles. The van der Waals surface area contributed by atoms with Gasteiger partial charge in [-0.15, -0.1) is 11.8 Å². The number of anilines is 1. The van der Waals surface area contributed by atoms with Gasteiger partial charge in [-0.05, 0) is 47.2 Å². The minimum atomic E-state index is 0.0482. The van der Waals surface area contributed by atoms with E-state index in [1.54, 1.807) is 11.8 Å². The Morgan fingerprint density at radius 2 is 1.79 bits per heavy atom. The number of rotatable bonds is 2. The zero-order valence-corrected chi connectivity index (χ0v) is 16.9. The maximum atomic E-state index is 12.5. The fourth-order valence-corrected chi connectivity index (χ4v) is 4.30. The van der Waals surface area contributed by atoms with Crippen molar-refractivity contribution in [2.45, 2.75) is 38.5 Å². The second kappa shape index (κ2) is 6.57. The molecule has 0 saturated carbocycles. The van der Waals surface area contributed by atoms with Gasteiger partial charge >= 0.3 is 0 Å². The third kappa shape index (κ3) is 3.40. The predicted octanol–water partition coefficient (Wildman–Crippen LogP) is 5.83. The van der Waals surface area contributed by atoms with E-state index < -0.39 is 0 Å². The Labute approximate surface area is 156 Å². The summed E-state index contributed by atoms with van der Waals surface area (Å²) >= 11 is 5.23. The van der Waals surface area contributed by atoms with Crippen molar-refractivity contribution in [3.05, 3.63) is 63.6 Å². The van der Waals surface area contributed by atoms with Crippen LogP contribution in [0.1, 0.15) is 42.8 Å². The van der Waals surface area contributed by atoms with E-state index in [2.05, 4.69) is 74.0 Å². The van der Waals surface area contributed by atoms with Gasteiger partial charge in [-0.1, -0.05) is 61.0 Å². The Morgan fingerprint density at radius 1 is 1.12 bits per heavy atom. The highest BCUT2D eigenvalue weighted by molar-refractivity contribution is 9.10. The van der Waals surface area contributed by atoms with E-state index in [-0.39, 0.29) is 16.7 Å². The zero-order valence-electron chi connectivity index (χ0n) is 14.5. The molecule has 4 heteroatoms. The minimum Gasteiger partial charge on any atom is -0.295 e. The van der Waals surface area contributed by atoms with Crippen LogP contribution in [0, 0.1) is 6.92 Å². The molecule has 1 heterocycles. The molecule has 2 aromatic carbocycles. The molecule has 1 saturated heterocycles. The molecule has 0 N–H and O–H groups in total. The lowest BCUT2D eigenvalue weighted by atomic mass is 9.86. The molecule has 2 aromatic rings. The largest absolute Gasteiger partial charge is 0.295 e. The van der Waals surface area contributed by atoms with Gasteiger partial charge in [0.05, 0.1) is 5.75 Å². The summed E-state index contributed by atoms with van der Waals surface area (Å²) in [6.07, 6.45) is 0. The molecule has 1 atom stereocenters. The summed E-state index contributed by atoms with van der Waals surface area (Å²) in [7, 11) is 0. The van der Waals surface area contributed by atoms with E-state index in [1.807, 2.05) is 17.0 Å². The molecule has 0 bridgehead atoms. The predicted molar refractivity (Wildman–Crippen MR) is 107 cm³/mol. The molecule has 1 amide bonds. The van der Waals surface area contributed by atoms with Crippen molar-refractivity contribution in [1.82, 2.24) is 0 Å². The van der Waals surface area contributed by atoms with Crippen LogP contribution in [0.25, 0.3) is 0 Å². The fourth-order valence-electron chi connectivity index (χ4n) is 2.88. The Balaban J connectivity index is 1.94. The highest BCUT2D eigenvalue weighted by Crippen LogP contribution is 2.42. The molecule has 0 spiro atoms. The smallest absolute Gasteiger partial charge is 0.238 e. The Bertz CT molecular complexity index is 764. The second-order valence-corrected chi connectivity index (χ2v) is 9.16. The summed E-state index contributed by atoms with van der Waals surface area (Å²) in [6.45, 7) is 8.70. The molecule has 24 heavy (non-hydrogen) atoms. The van der Waals surface area contributed by atoms with Gasteiger partial charge in [-0.3, -0.25) is 9.69 Å². The molecule has 1 aliphatic heterocycles. The number of nitrogens with zero attached hydrogens (tertiary/aromatic N) is 1. The maximum Gasteiger partial charge on any atom is 0.238 e. The number of benzene rings is 2. The highest BCUT2D eigenvalue weighted by Gasteiger charge is 2.34. The SMILES string of the molecule is Cc1cc(N2C(=O)CS[C@H]2c2ccc(C(C)(C)C)cc2)ccc1Br. The topological polar surface area (TPSA) is 20.3 Å². The first-order chi connectivity index (χ1) is 11.3. The number of hydrogen-bond donors (Lipinski definition) is 0. The average molecular weight is 404 g/mol. The van der Waals surface area contributed by atoms with E-state index in [0.717, 1.165) is 15.7 Å². The Morgan fingerprint density at radius 3 is 2.38 bits per heavy atom. The molecule has 0 aromatic heterocycles. The van der Waals surface area contributed by atoms with E-state index >= 15 is 0 Å². The number of amides is 1. The molecule has 3 rings (SSSR count). The first-order valence-electron chi connectivity index (χ1n) is 8.07. The van der Waals surface area contributed by atoms with Gasteiger partial charge in [0.25, 0.3) is 0 Å². The second-order valence-electron chi connectivity index (χ2n) is 7.23. The van der Waals surface area contributed by atoms with Gasteiger partial charge in [-0.2, -0.15) is 0 Å². The van der Waals surface area contributed by atoms with Crippen LogP contribution in [-0.4, -0.2) is 11.7 Å². The summed E-state index contributed by atoms with van der Waals surface area (Å²) in [5.41, 5.74) is 4.74. The van der Waals surface area contributed by atoms with Crippen LogP contribution < -0.4 is 4.90 Å². The fraction of sp³-hybridized carbons (Fsp3) is 0.350. The van der Waals surface area contributed by atoms with E-state index in [1.165, 1.54) is 11.1 Å². The lowest BCUT2D eigenvalue weighted by molar-refractivity contribution is -0.115.